The number of benzene rings is 1. The number of aryl methyl sites for hydroxylation is 2. The van der Waals surface area contributed by atoms with Crippen LogP contribution in [0, 0.1) is 13.8 Å². The summed E-state index contributed by atoms with van der Waals surface area (Å²) in [5.41, 5.74) is 3.13. The summed E-state index contributed by atoms with van der Waals surface area (Å²) in [7, 11) is 0. The Labute approximate surface area is 170 Å². The fraction of sp³-hybridized carbons (Fsp3) is 0.0909. The Kier molecular flexibility index (Phi) is 5.05. The number of carbonyl (C=O) groups excluding carboxylic acids is 1. The van der Waals surface area contributed by atoms with Crippen molar-refractivity contribution in [3.63, 3.8) is 0 Å². The van der Waals surface area contributed by atoms with E-state index in [0.29, 0.717) is 27.7 Å². The Balaban J connectivity index is 1.57. The van der Waals surface area contributed by atoms with Crippen molar-refractivity contribution in [2.75, 3.05) is 0 Å². The van der Waals surface area contributed by atoms with Gasteiger partial charge in [0.25, 0.3) is 5.56 Å². The van der Waals surface area contributed by atoms with Crippen molar-refractivity contribution in [1.82, 2.24) is 15.0 Å². The van der Waals surface area contributed by atoms with Gasteiger partial charge in [-0.15, -0.1) is 11.3 Å². The fourth-order valence-electron chi connectivity index (χ4n) is 2.92. The van der Waals surface area contributed by atoms with E-state index >= 15 is 0 Å². The highest BCUT2D eigenvalue weighted by molar-refractivity contribution is 7.17. The number of aromatic nitrogens is 3. The largest absolute Gasteiger partial charge is 0.422 e. The van der Waals surface area contributed by atoms with Crippen LogP contribution in [0.3, 0.4) is 0 Å². The number of carbonyl (C=O) groups is 1. The average Bonchev–Trinajstić information content (AvgIpc) is 3.18. The number of ether oxygens (including phenoxy) is 1. The van der Waals surface area contributed by atoms with Gasteiger partial charge in [0.2, 0.25) is 0 Å². The van der Waals surface area contributed by atoms with Gasteiger partial charge in [-0.05, 0) is 55.3 Å². The molecule has 4 rings (SSSR count). The van der Waals surface area contributed by atoms with Gasteiger partial charge >= 0.3 is 5.97 Å². The molecule has 3 aromatic heterocycles. The number of rotatable bonds is 4. The van der Waals surface area contributed by atoms with E-state index in [1.165, 1.54) is 17.4 Å². The predicted molar refractivity (Wildman–Crippen MR) is 112 cm³/mol. The molecule has 3 heterocycles. The summed E-state index contributed by atoms with van der Waals surface area (Å²) in [5, 5.41) is 0. The van der Waals surface area contributed by atoms with Crippen LogP contribution in [-0.4, -0.2) is 20.9 Å². The lowest BCUT2D eigenvalue weighted by Crippen LogP contribution is -2.09. The van der Waals surface area contributed by atoms with E-state index in [4.69, 9.17) is 4.74 Å². The highest BCUT2D eigenvalue weighted by Gasteiger charge is 2.14. The number of pyridine rings is 1. The third-order valence-electron chi connectivity index (χ3n) is 4.28. The zero-order valence-electron chi connectivity index (χ0n) is 15.8. The summed E-state index contributed by atoms with van der Waals surface area (Å²) in [6.45, 7) is 3.73. The van der Waals surface area contributed by atoms with Gasteiger partial charge < -0.3 is 9.72 Å². The number of hydrogen-bond donors (Lipinski definition) is 1. The maximum Gasteiger partial charge on any atom is 0.353 e. The molecule has 29 heavy (non-hydrogen) atoms. The number of nitrogens with one attached hydrogen (secondary N) is 1. The Morgan fingerprint density at radius 3 is 2.76 bits per heavy atom. The molecule has 0 saturated carbocycles. The van der Waals surface area contributed by atoms with Crippen LogP contribution in [0.2, 0.25) is 0 Å². The Morgan fingerprint density at radius 1 is 1.10 bits per heavy atom. The lowest BCUT2D eigenvalue weighted by atomic mass is 10.1. The van der Waals surface area contributed by atoms with E-state index in [2.05, 4.69) is 15.0 Å². The molecule has 0 fully saturated rings. The highest BCUT2D eigenvalue weighted by Crippen LogP contribution is 2.31. The van der Waals surface area contributed by atoms with Crippen LogP contribution in [0.1, 0.15) is 20.9 Å². The van der Waals surface area contributed by atoms with E-state index in [0.717, 1.165) is 16.0 Å². The minimum absolute atomic E-state index is 0.229. The molecule has 0 radical (unpaired) electrons. The third-order valence-corrected chi connectivity index (χ3v) is 5.38. The third kappa shape index (κ3) is 4.14. The standard InChI is InChI=1S/C22H17N3O3S/c1-13-12-23-9-8-17(13)18-6-7-19(29-18)22(27)28-16-5-3-4-15(11-16)21-24-14(2)10-20(26)25-21/h3-12H,1-2H3,(H,24,25,26). The second kappa shape index (κ2) is 7.81. The molecular formula is C22H17N3O3S. The topological polar surface area (TPSA) is 84.9 Å². The second-order valence-corrected chi connectivity index (χ2v) is 7.59. The summed E-state index contributed by atoms with van der Waals surface area (Å²) in [6.07, 6.45) is 3.53. The number of esters is 1. The first-order valence-corrected chi connectivity index (χ1v) is 9.72. The molecule has 0 spiro atoms. The predicted octanol–water partition coefficient (Wildman–Crippen LogP) is 4.40. The minimum Gasteiger partial charge on any atom is -0.422 e. The van der Waals surface area contributed by atoms with Gasteiger partial charge in [-0.3, -0.25) is 9.78 Å². The molecular weight excluding hydrogens is 386 g/mol. The van der Waals surface area contributed by atoms with E-state index in [1.54, 1.807) is 49.6 Å². The van der Waals surface area contributed by atoms with Gasteiger partial charge in [-0.1, -0.05) is 12.1 Å². The van der Waals surface area contributed by atoms with Crippen LogP contribution in [-0.2, 0) is 0 Å². The maximum absolute atomic E-state index is 12.6. The molecule has 0 unspecified atom stereocenters. The first kappa shape index (κ1) is 18.8. The summed E-state index contributed by atoms with van der Waals surface area (Å²) in [6, 6.07) is 13.9. The lowest BCUT2D eigenvalue weighted by Gasteiger charge is -2.06. The van der Waals surface area contributed by atoms with Gasteiger partial charge in [-0.25, -0.2) is 9.78 Å². The van der Waals surface area contributed by atoms with Crippen molar-refractivity contribution in [2.24, 2.45) is 0 Å². The number of nitrogens with zero attached hydrogens (tertiary/aromatic N) is 2. The normalized spacial score (nSPS) is 10.7. The quantitative estimate of drug-likeness (QED) is 0.403. The molecule has 1 aromatic carbocycles. The van der Waals surface area contributed by atoms with Crippen molar-refractivity contribution in [2.45, 2.75) is 13.8 Å². The monoisotopic (exact) mass is 403 g/mol. The molecule has 0 aliphatic heterocycles. The second-order valence-electron chi connectivity index (χ2n) is 6.51. The van der Waals surface area contributed by atoms with Gasteiger partial charge in [0.15, 0.2) is 0 Å². The smallest absolute Gasteiger partial charge is 0.353 e. The van der Waals surface area contributed by atoms with Crippen LogP contribution in [0.15, 0.2) is 65.7 Å². The first-order valence-electron chi connectivity index (χ1n) is 8.91. The Hall–Kier alpha value is -3.58. The van der Waals surface area contributed by atoms with E-state index in [9.17, 15) is 9.59 Å². The van der Waals surface area contributed by atoms with E-state index < -0.39 is 5.97 Å². The molecule has 0 saturated heterocycles. The van der Waals surface area contributed by atoms with Crippen molar-refractivity contribution >= 4 is 17.3 Å². The van der Waals surface area contributed by atoms with Crippen LogP contribution in [0.5, 0.6) is 5.75 Å². The molecule has 4 aromatic rings. The van der Waals surface area contributed by atoms with Crippen molar-refractivity contribution in [1.29, 1.82) is 0 Å². The average molecular weight is 403 g/mol. The van der Waals surface area contributed by atoms with Crippen molar-refractivity contribution in [3.8, 4) is 27.6 Å². The molecule has 0 bridgehead atoms. The molecule has 7 heteroatoms. The zero-order valence-corrected chi connectivity index (χ0v) is 16.6. The minimum atomic E-state index is -0.434. The van der Waals surface area contributed by atoms with E-state index in [-0.39, 0.29) is 5.56 Å². The van der Waals surface area contributed by atoms with Crippen LogP contribution < -0.4 is 10.3 Å². The molecule has 1 N–H and O–H groups in total. The molecule has 0 aliphatic rings. The van der Waals surface area contributed by atoms with Gasteiger partial charge in [0, 0.05) is 34.6 Å². The number of aromatic amines is 1. The van der Waals surface area contributed by atoms with E-state index in [1.807, 2.05) is 19.1 Å². The van der Waals surface area contributed by atoms with Gasteiger partial charge in [-0.2, -0.15) is 0 Å². The Bertz CT molecular complexity index is 1260. The van der Waals surface area contributed by atoms with Crippen LogP contribution in [0.4, 0.5) is 0 Å². The van der Waals surface area contributed by atoms with Gasteiger partial charge in [0.1, 0.15) is 16.5 Å². The summed E-state index contributed by atoms with van der Waals surface area (Å²) >= 11 is 1.37. The Morgan fingerprint density at radius 2 is 1.97 bits per heavy atom. The number of hydrogen-bond acceptors (Lipinski definition) is 6. The van der Waals surface area contributed by atoms with Crippen molar-refractivity contribution in [3.05, 3.63) is 87.4 Å². The number of thiophene rings is 1. The first-order chi connectivity index (χ1) is 14.0. The summed E-state index contributed by atoms with van der Waals surface area (Å²) in [5.74, 6) is 0.377. The fourth-order valence-corrected chi connectivity index (χ4v) is 3.90. The molecule has 0 amide bonds. The summed E-state index contributed by atoms with van der Waals surface area (Å²) in [4.78, 5) is 36.9. The highest BCUT2D eigenvalue weighted by atomic mass is 32.1. The van der Waals surface area contributed by atoms with Gasteiger partial charge in [0.05, 0.1) is 0 Å². The molecule has 0 atom stereocenters. The number of H-pyrrole nitrogens is 1. The van der Waals surface area contributed by atoms with Crippen LogP contribution in [0.25, 0.3) is 21.8 Å². The SMILES string of the molecule is Cc1cc(=O)[nH]c(-c2cccc(OC(=O)c3ccc(-c4ccncc4C)s3)c2)n1. The molecule has 0 aliphatic carbocycles. The summed E-state index contributed by atoms with van der Waals surface area (Å²) < 4.78 is 5.54. The zero-order chi connectivity index (χ0) is 20.4. The molecule has 144 valence electrons. The van der Waals surface area contributed by atoms with Crippen molar-refractivity contribution < 1.29 is 9.53 Å². The molecule has 6 nitrogen and oxygen atoms in total. The van der Waals surface area contributed by atoms with Crippen LogP contribution >= 0.6 is 11.3 Å². The lowest BCUT2D eigenvalue weighted by molar-refractivity contribution is 0.0740. The maximum atomic E-state index is 12.6.